The van der Waals surface area contributed by atoms with Crippen LogP contribution in [0.3, 0.4) is 0 Å². The fraction of sp³-hybridized carbons (Fsp3) is 0.438. The number of aryl methyl sites for hydroxylation is 1. The predicted molar refractivity (Wildman–Crippen MR) is 77.9 cm³/mol. The predicted octanol–water partition coefficient (Wildman–Crippen LogP) is 3.81. The normalized spacial score (nSPS) is 11.2. The first-order chi connectivity index (χ1) is 9.13. The maximum Gasteiger partial charge on any atom is 0.168 e. The van der Waals surface area contributed by atoms with Crippen molar-refractivity contribution in [3.8, 4) is 5.75 Å². The fourth-order valence-electron chi connectivity index (χ4n) is 2.65. The average Bonchev–Trinajstić information content (AvgIpc) is 2.77. The molecule has 0 saturated heterocycles. The van der Waals surface area contributed by atoms with Gasteiger partial charge in [-0.25, -0.2) is 0 Å². The van der Waals surface area contributed by atoms with Crippen LogP contribution in [0.5, 0.6) is 5.75 Å². The number of methoxy groups -OCH3 is 1. The van der Waals surface area contributed by atoms with Crippen molar-refractivity contribution in [3.05, 3.63) is 30.0 Å². The van der Waals surface area contributed by atoms with E-state index in [0.717, 1.165) is 35.1 Å². The Kier molecular flexibility index (Phi) is 3.93. The third-order valence-corrected chi connectivity index (χ3v) is 3.82. The molecule has 0 aliphatic heterocycles. The summed E-state index contributed by atoms with van der Waals surface area (Å²) in [6.45, 7) is 4.13. The largest absolute Gasteiger partial charge is 0.496 e. The minimum absolute atomic E-state index is 0.0931. The van der Waals surface area contributed by atoms with Crippen molar-refractivity contribution in [1.82, 2.24) is 4.57 Å². The Labute approximate surface area is 114 Å². The van der Waals surface area contributed by atoms with Crippen molar-refractivity contribution in [3.63, 3.8) is 0 Å². The molecule has 3 heteroatoms. The maximum atomic E-state index is 12.6. The van der Waals surface area contributed by atoms with E-state index in [-0.39, 0.29) is 11.7 Å². The van der Waals surface area contributed by atoms with Gasteiger partial charge in [-0.3, -0.25) is 4.79 Å². The van der Waals surface area contributed by atoms with E-state index < -0.39 is 0 Å². The van der Waals surface area contributed by atoms with Crippen molar-refractivity contribution in [2.75, 3.05) is 7.11 Å². The number of benzene rings is 1. The number of ketones is 1. The monoisotopic (exact) mass is 259 g/mol. The summed E-state index contributed by atoms with van der Waals surface area (Å²) >= 11 is 0. The molecule has 0 spiro atoms. The van der Waals surface area contributed by atoms with E-state index in [2.05, 4.69) is 13.8 Å². The number of carbonyl (C=O) groups excluding carboxylic acids is 1. The van der Waals surface area contributed by atoms with Crippen LogP contribution in [-0.2, 0) is 7.05 Å². The second-order valence-electron chi connectivity index (χ2n) is 4.89. The van der Waals surface area contributed by atoms with Crippen LogP contribution in [0.2, 0.25) is 0 Å². The van der Waals surface area contributed by atoms with E-state index >= 15 is 0 Å². The van der Waals surface area contributed by atoms with Crippen molar-refractivity contribution >= 4 is 16.7 Å². The molecule has 0 radical (unpaired) electrons. The number of ether oxygens (including phenoxy) is 1. The van der Waals surface area contributed by atoms with Gasteiger partial charge in [0.05, 0.1) is 18.0 Å². The van der Waals surface area contributed by atoms with Gasteiger partial charge < -0.3 is 9.30 Å². The molecule has 2 rings (SSSR count). The van der Waals surface area contributed by atoms with Crippen LogP contribution in [-0.4, -0.2) is 17.5 Å². The quantitative estimate of drug-likeness (QED) is 0.765. The molecule has 2 aromatic rings. The molecule has 0 saturated carbocycles. The average molecular weight is 259 g/mol. The number of carbonyl (C=O) groups is 1. The smallest absolute Gasteiger partial charge is 0.168 e. The lowest BCUT2D eigenvalue weighted by Crippen LogP contribution is -2.12. The second kappa shape index (κ2) is 5.47. The summed E-state index contributed by atoms with van der Waals surface area (Å²) in [4.78, 5) is 12.6. The summed E-state index contributed by atoms with van der Waals surface area (Å²) in [5.41, 5.74) is 1.82. The van der Waals surface area contributed by atoms with E-state index in [1.54, 1.807) is 7.11 Å². The number of aromatic nitrogens is 1. The topological polar surface area (TPSA) is 31.2 Å². The van der Waals surface area contributed by atoms with Crippen LogP contribution < -0.4 is 4.74 Å². The Morgan fingerprint density at radius 1 is 1.32 bits per heavy atom. The Morgan fingerprint density at radius 3 is 2.58 bits per heavy atom. The van der Waals surface area contributed by atoms with Gasteiger partial charge >= 0.3 is 0 Å². The summed E-state index contributed by atoms with van der Waals surface area (Å²) in [5, 5.41) is 0.935. The van der Waals surface area contributed by atoms with Crippen molar-refractivity contribution in [2.24, 2.45) is 13.0 Å². The van der Waals surface area contributed by atoms with Gasteiger partial charge in [0.15, 0.2) is 5.78 Å². The maximum absolute atomic E-state index is 12.6. The highest BCUT2D eigenvalue weighted by atomic mass is 16.5. The van der Waals surface area contributed by atoms with E-state index in [1.165, 1.54) is 0 Å². The highest BCUT2D eigenvalue weighted by Crippen LogP contribution is 2.32. The number of hydrogen-bond donors (Lipinski definition) is 0. The number of Topliss-reactive ketones (excluding diaryl/α,β-unsaturated/α-hetero) is 1. The number of rotatable bonds is 5. The highest BCUT2D eigenvalue weighted by Gasteiger charge is 2.22. The first kappa shape index (κ1) is 13.7. The molecular weight excluding hydrogens is 238 g/mol. The second-order valence-corrected chi connectivity index (χ2v) is 4.89. The van der Waals surface area contributed by atoms with Crippen LogP contribution in [0.15, 0.2) is 24.4 Å². The molecule has 0 bridgehead atoms. The van der Waals surface area contributed by atoms with Gasteiger partial charge in [-0.15, -0.1) is 0 Å². The van der Waals surface area contributed by atoms with Crippen LogP contribution in [0.1, 0.15) is 37.0 Å². The molecule has 1 aromatic carbocycles. The molecule has 0 aliphatic rings. The number of nitrogens with zero attached hydrogens (tertiary/aromatic N) is 1. The molecule has 1 aromatic heterocycles. The molecule has 0 aliphatic carbocycles. The molecule has 0 fully saturated rings. The van der Waals surface area contributed by atoms with Gasteiger partial charge in [0, 0.05) is 24.7 Å². The zero-order valence-corrected chi connectivity index (χ0v) is 12.1. The molecule has 0 atom stereocenters. The minimum Gasteiger partial charge on any atom is -0.496 e. The third kappa shape index (κ3) is 2.25. The molecule has 0 amide bonds. The van der Waals surface area contributed by atoms with Gasteiger partial charge in [0.1, 0.15) is 5.75 Å². The SMILES string of the molecule is CCC(CC)C(=O)c1cn(C)c2cccc(OC)c12. The van der Waals surface area contributed by atoms with E-state index in [9.17, 15) is 4.79 Å². The third-order valence-electron chi connectivity index (χ3n) is 3.82. The van der Waals surface area contributed by atoms with Crippen LogP contribution in [0.4, 0.5) is 0 Å². The zero-order chi connectivity index (χ0) is 14.0. The van der Waals surface area contributed by atoms with Gasteiger partial charge in [0.2, 0.25) is 0 Å². The molecule has 19 heavy (non-hydrogen) atoms. The minimum atomic E-state index is 0.0931. The Balaban J connectivity index is 2.64. The molecule has 3 nitrogen and oxygen atoms in total. The molecule has 0 N–H and O–H groups in total. The summed E-state index contributed by atoms with van der Waals surface area (Å²) < 4.78 is 7.41. The van der Waals surface area contributed by atoms with Gasteiger partial charge in [-0.1, -0.05) is 19.9 Å². The molecule has 0 unspecified atom stereocenters. The number of fused-ring (bicyclic) bond motifs is 1. The lowest BCUT2D eigenvalue weighted by molar-refractivity contribution is 0.0915. The summed E-state index contributed by atoms with van der Waals surface area (Å²) in [6, 6.07) is 5.88. The first-order valence-electron chi connectivity index (χ1n) is 6.80. The molecule has 1 heterocycles. The number of hydrogen-bond acceptors (Lipinski definition) is 2. The summed E-state index contributed by atoms with van der Waals surface area (Å²) in [6.07, 6.45) is 3.68. The van der Waals surface area contributed by atoms with E-state index in [1.807, 2.05) is 36.0 Å². The Bertz CT molecular complexity index is 594. The van der Waals surface area contributed by atoms with Crippen LogP contribution in [0.25, 0.3) is 10.9 Å². The van der Waals surface area contributed by atoms with Gasteiger partial charge in [0.25, 0.3) is 0 Å². The standard InChI is InChI=1S/C16H21NO2/c1-5-11(6-2)16(18)12-10-17(3)13-8-7-9-14(19-4)15(12)13/h7-11H,5-6H2,1-4H3. The lowest BCUT2D eigenvalue weighted by Gasteiger charge is -2.11. The summed E-state index contributed by atoms with van der Waals surface area (Å²) in [7, 11) is 3.61. The van der Waals surface area contributed by atoms with Crippen molar-refractivity contribution < 1.29 is 9.53 Å². The van der Waals surface area contributed by atoms with Crippen LogP contribution >= 0.6 is 0 Å². The molecular formula is C16H21NO2. The van der Waals surface area contributed by atoms with Crippen molar-refractivity contribution in [1.29, 1.82) is 0 Å². The van der Waals surface area contributed by atoms with Gasteiger partial charge in [-0.05, 0) is 25.0 Å². The van der Waals surface area contributed by atoms with Crippen molar-refractivity contribution in [2.45, 2.75) is 26.7 Å². The zero-order valence-electron chi connectivity index (χ0n) is 12.1. The highest BCUT2D eigenvalue weighted by molar-refractivity contribution is 6.11. The fourth-order valence-corrected chi connectivity index (χ4v) is 2.65. The lowest BCUT2D eigenvalue weighted by atomic mass is 9.92. The van der Waals surface area contributed by atoms with E-state index in [4.69, 9.17) is 4.74 Å². The Morgan fingerprint density at radius 2 is 2.00 bits per heavy atom. The molecule has 102 valence electrons. The van der Waals surface area contributed by atoms with Crippen LogP contribution in [0, 0.1) is 5.92 Å². The van der Waals surface area contributed by atoms with E-state index in [0.29, 0.717) is 0 Å². The first-order valence-corrected chi connectivity index (χ1v) is 6.80. The van der Waals surface area contributed by atoms with Gasteiger partial charge in [-0.2, -0.15) is 0 Å². The summed E-state index contributed by atoms with van der Waals surface area (Å²) in [5.74, 6) is 1.09. The Hall–Kier alpha value is -1.77.